The van der Waals surface area contributed by atoms with Crippen LogP contribution in [0, 0.1) is 0 Å². The monoisotopic (exact) mass is 252 g/mol. The standard InChI is InChI=1S/C14H12N4O/c19-14-17-12-2-1-6-16-13(12)18(14)10-3-4-11-9(8-10)5-7-15-11/h1-4,6,8,15H,5,7H2,(H,17,19). The summed E-state index contributed by atoms with van der Waals surface area (Å²) >= 11 is 0. The van der Waals surface area contributed by atoms with Crippen LogP contribution in [0.15, 0.2) is 41.3 Å². The van der Waals surface area contributed by atoms with Crippen molar-refractivity contribution in [1.29, 1.82) is 0 Å². The Kier molecular flexibility index (Phi) is 2.03. The zero-order chi connectivity index (χ0) is 12.8. The quantitative estimate of drug-likeness (QED) is 0.692. The lowest BCUT2D eigenvalue weighted by atomic mass is 10.1. The molecule has 2 N–H and O–H groups in total. The molecule has 3 heterocycles. The van der Waals surface area contributed by atoms with Crippen molar-refractivity contribution in [2.24, 2.45) is 0 Å². The molecule has 94 valence electrons. The molecule has 1 aromatic carbocycles. The van der Waals surface area contributed by atoms with E-state index in [4.69, 9.17) is 0 Å². The SMILES string of the molecule is O=c1[nH]c2cccnc2n1-c1ccc2c(c1)CCN2. The van der Waals surface area contributed by atoms with Gasteiger partial charge in [0.1, 0.15) is 0 Å². The normalized spacial score (nSPS) is 13.5. The lowest BCUT2D eigenvalue weighted by molar-refractivity contribution is 0.995. The van der Waals surface area contributed by atoms with Crippen LogP contribution in [0.2, 0.25) is 0 Å². The second-order valence-corrected chi connectivity index (χ2v) is 4.66. The molecule has 1 aliphatic heterocycles. The van der Waals surface area contributed by atoms with E-state index in [0.29, 0.717) is 5.65 Å². The summed E-state index contributed by atoms with van der Waals surface area (Å²) in [4.78, 5) is 19.2. The van der Waals surface area contributed by atoms with E-state index in [1.807, 2.05) is 24.3 Å². The fraction of sp³-hybridized carbons (Fsp3) is 0.143. The summed E-state index contributed by atoms with van der Waals surface area (Å²) in [6.45, 7) is 0.958. The number of aromatic amines is 1. The molecular weight excluding hydrogens is 240 g/mol. The maximum atomic E-state index is 12.1. The number of benzene rings is 1. The van der Waals surface area contributed by atoms with Crippen molar-refractivity contribution >= 4 is 16.9 Å². The van der Waals surface area contributed by atoms with Crippen molar-refractivity contribution < 1.29 is 0 Å². The lowest BCUT2D eigenvalue weighted by Crippen LogP contribution is -2.15. The van der Waals surface area contributed by atoms with Gasteiger partial charge in [-0.05, 0) is 42.3 Å². The molecule has 0 unspecified atom stereocenters. The molecule has 0 aliphatic carbocycles. The van der Waals surface area contributed by atoms with E-state index in [-0.39, 0.29) is 5.69 Å². The third kappa shape index (κ3) is 1.48. The third-order valence-corrected chi connectivity index (χ3v) is 3.50. The highest BCUT2D eigenvalue weighted by atomic mass is 16.1. The molecule has 5 nitrogen and oxygen atoms in total. The van der Waals surface area contributed by atoms with Crippen LogP contribution < -0.4 is 11.0 Å². The van der Waals surface area contributed by atoms with Gasteiger partial charge in [-0.1, -0.05) is 0 Å². The molecular formula is C14H12N4O. The maximum absolute atomic E-state index is 12.1. The molecule has 5 heteroatoms. The van der Waals surface area contributed by atoms with E-state index in [2.05, 4.69) is 21.4 Å². The van der Waals surface area contributed by atoms with E-state index >= 15 is 0 Å². The Morgan fingerprint density at radius 3 is 3.16 bits per heavy atom. The molecule has 0 spiro atoms. The van der Waals surface area contributed by atoms with Gasteiger partial charge in [0, 0.05) is 18.4 Å². The first-order valence-corrected chi connectivity index (χ1v) is 6.26. The van der Waals surface area contributed by atoms with Crippen LogP contribution in [-0.4, -0.2) is 21.1 Å². The van der Waals surface area contributed by atoms with Gasteiger partial charge in [-0.25, -0.2) is 14.3 Å². The van der Waals surface area contributed by atoms with Crippen molar-refractivity contribution in [3.63, 3.8) is 0 Å². The number of nitrogens with one attached hydrogen (secondary N) is 2. The zero-order valence-corrected chi connectivity index (χ0v) is 10.2. The van der Waals surface area contributed by atoms with E-state index < -0.39 is 0 Å². The summed E-state index contributed by atoms with van der Waals surface area (Å²) in [6.07, 6.45) is 2.69. The number of anilines is 1. The van der Waals surface area contributed by atoms with E-state index in [1.54, 1.807) is 10.8 Å². The summed E-state index contributed by atoms with van der Waals surface area (Å²) in [7, 11) is 0. The minimum Gasteiger partial charge on any atom is -0.384 e. The van der Waals surface area contributed by atoms with Crippen molar-refractivity contribution in [1.82, 2.24) is 14.5 Å². The first kappa shape index (κ1) is 10.4. The van der Waals surface area contributed by atoms with E-state index in [1.165, 1.54) is 5.56 Å². The molecule has 0 radical (unpaired) electrons. The number of imidazole rings is 1. The number of rotatable bonds is 1. The molecule has 4 rings (SSSR count). The average Bonchev–Trinajstić information content (AvgIpc) is 3.00. The summed E-state index contributed by atoms with van der Waals surface area (Å²) in [5.41, 5.74) is 4.53. The van der Waals surface area contributed by atoms with Crippen LogP contribution >= 0.6 is 0 Å². The number of hydrogen-bond acceptors (Lipinski definition) is 3. The van der Waals surface area contributed by atoms with Crippen LogP contribution in [0.4, 0.5) is 5.69 Å². The van der Waals surface area contributed by atoms with Gasteiger partial charge >= 0.3 is 5.69 Å². The predicted molar refractivity (Wildman–Crippen MR) is 73.9 cm³/mol. The molecule has 0 amide bonds. The van der Waals surface area contributed by atoms with Crippen molar-refractivity contribution in [3.8, 4) is 5.69 Å². The zero-order valence-electron chi connectivity index (χ0n) is 10.2. The van der Waals surface area contributed by atoms with Crippen LogP contribution in [0.3, 0.4) is 0 Å². The molecule has 1 aliphatic rings. The van der Waals surface area contributed by atoms with Crippen molar-refractivity contribution in [3.05, 3.63) is 52.6 Å². The summed E-state index contributed by atoms with van der Waals surface area (Å²) < 4.78 is 1.62. The second-order valence-electron chi connectivity index (χ2n) is 4.66. The lowest BCUT2D eigenvalue weighted by Gasteiger charge is -2.05. The Morgan fingerprint density at radius 1 is 1.26 bits per heavy atom. The van der Waals surface area contributed by atoms with Crippen LogP contribution in [0.1, 0.15) is 5.56 Å². The van der Waals surface area contributed by atoms with Crippen LogP contribution in [-0.2, 0) is 6.42 Å². The van der Waals surface area contributed by atoms with E-state index in [0.717, 1.165) is 29.9 Å². The fourth-order valence-corrected chi connectivity index (χ4v) is 2.61. The third-order valence-electron chi connectivity index (χ3n) is 3.50. The van der Waals surface area contributed by atoms with Gasteiger partial charge in [-0.2, -0.15) is 0 Å². The molecule has 0 atom stereocenters. The number of H-pyrrole nitrogens is 1. The van der Waals surface area contributed by atoms with Gasteiger partial charge in [0.25, 0.3) is 0 Å². The van der Waals surface area contributed by atoms with Gasteiger partial charge in [-0.15, -0.1) is 0 Å². The topological polar surface area (TPSA) is 62.7 Å². The van der Waals surface area contributed by atoms with Gasteiger partial charge in [0.05, 0.1) is 11.2 Å². The average molecular weight is 252 g/mol. The highest BCUT2D eigenvalue weighted by molar-refractivity contribution is 5.73. The van der Waals surface area contributed by atoms with Gasteiger partial charge in [-0.3, -0.25) is 0 Å². The van der Waals surface area contributed by atoms with E-state index in [9.17, 15) is 4.79 Å². The number of pyridine rings is 1. The number of fused-ring (bicyclic) bond motifs is 2. The molecule has 0 saturated carbocycles. The van der Waals surface area contributed by atoms with Gasteiger partial charge < -0.3 is 10.3 Å². The molecule has 19 heavy (non-hydrogen) atoms. The number of aromatic nitrogens is 3. The first-order valence-electron chi connectivity index (χ1n) is 6.26. The molecule has 0 bridgehead atoms. The molecule has 2 aromatic heterocycles. The second kappa shape index (κ2) is 3.71. The number of nitrogens with zero attached hydrogens (tertiary/aromatic N) is 2. The smallest absolute Gasteiger partial charge is 0.332 e. The molecule has 3 aromatic rings. The Labute approximate surface area is 108 Å². The van der Waals surface area contributed by atoms with Crippen LogP contribution in [0.5, 0.6) is 0 Å². The van der Waals surface area contributed by atoms with Gasteiger partial charge in [0.2, 0.25) is 0 Å². The van der Waals surface area contributed by atoms with Crippen LogP contribution in [0.25, 0.3) is 16.9 Å². The Balaban J connectivity index is 2.00. The fourth-order valence-electron chi connectivity index (χ4n) is 2.61. The van der Waals surface area contributed by atoms with Gasteiger partial charge in [0.15, 0.2) is 5.65 Å². The summed E-state index contributed by atoms with van der Waals surface area (Å²) in [5, 5.41) is 3.31. The maximum Gasteiger partial charge on any atom is 0.332 e. The minimum atomic E-state index is -0.153. The van der Waals surface area contributed by atoms with Crippen molar-refractivity contribution in [2.45, 2.75) is 6.42 Å². The summed E-state index contributed by atoms with van der Waals surface area (Å²) in [6, 6.07) is 9.69. The Bertz CT molecular complexity index is 831. The van der Waals surface area contributed by atoms with Crippen molar-refractivity contribution in [2.75, 3.05) is 11.9 Å². The first-order chi connectivity index (χ1) is 9.33. The largest absolute Gasteiger partial charge is 0.384 e. The summed E-state index contributed by atoms with van der Waals surface area (Å²) in [5.74, 6) is 0. The highest BCUT2D eigenvalue weighted by Gasteiger charge is 2.14. The Hall–Kier alpha value is -2.56. The minimum absolute atomic E-state index is 0.153. The number of hydrogen-bond donors (Lipinski definition) is 2. The molecule has 0 saturated heterocycles. The Morgan fingerprint density at radius 2 is 2.21 bits per heavy atom. The predicted octanol–water partition coefficient (Wildman–Crippen LogP) is 1.68. The molecule has 0 fully saturated rings. The highest BCUT2D eigenvalue weighted by Crippen LogP contribution is 2.25.